The normalized spacial score (nSPS) is 10.9. The van der Waals surface area contributed by atoms with Crippen molar-refractivity contribution < 1.29 is 9.59 Å². The Morgan fingerprint density at radius 3 is 2.59 bits per heavy atom. The third kappa shape index (κ3) is 5.49. The maximum absolute atomic E-state index is 12.4. The number of anilines is 1. The van der Waals surface area contributed by atoms with Crippen LogP contribution in [-0.4, -0.2) is 28.4 Å². The van der Waals surface area contributed by atoms with Crippen LogP contribution >= 0.6 is 23.4 Å². The van der Waals surface area contributed by atoms with E-state index in [9.17, 15) is 9.59 Å². The molecule has 0 unspecified atom stereocenters. The zero-order chi connectivity index (χ0) is 20.8. The van der Waals surface area contributed by atoms with Crippen LogP contribution in [0.2, 0.25) is 5.02 Å². The summed E-state index contributed by atoms with van der Waals surface area (Å²) in [5.74, 6) is -0.443. The number of amides is 2. The number of hydrogen-bond acceptors (Lipinski definition) is 4. The van der Waals surface area contributed by atoms with E-state index in [-0.39, 0.29) is 11.8 Å². The van der Waals surface area contributed by atoms with E-state index in [1.165, 1.54) is 17.8 Å². The lowest BCUT2D eigenvalue weighted by atomic mass is 10.1. The van der Waals surface area contributed by atoms with Crippen molar-refractivity contribution in [1.82, 2.24) is 14.9 Å². The highest BCUT2D eigenvalue weighted by Crippen LogP contribution is 2.34. The number of rotatable bonds is 6. The Bertz CT molecular complexity index is 1060. The van der Waals surface area contributed by atoms with Crippen molar-refractivity contribution in [2.75, 3.05) is 12.4 Å². The molecule has 0 aliphatic heterocycles. The van der Waals surface area contributed by atoms with Crippen molar-refractivity contribution in [1.29, 1.82) is 0 Å². The van der Waals surface area contributed by atoms with Gasteiger partial charge in [0.25, 0.3) is 5.91 Å². The molecule has 6 nitrogen and oxygen atoms in total. The minimum atomic E-state index is -0.288. The van der Waals surface area contributed by atoms with Crippen LogP contribution < -0.4 is 10.6 Å². The molecule has 0 aliphatic rings. The molecule has 0 bridgehead atoms. The second-order valence-electron chi connectivity index (χ2n) is 6.09. The highest BCUT2D eigenvalue weighted by Gasteiger charge is 2.10. The summed E-state index contributed by atoms with van der Waals surface area (Å²) in [7, 11) is 3.48. The SMILES string of the molecule is CNC(=O)c1ccc(/C=C/C(=O)Nc2cc(Cl)ccc2Sc2nccn2C)cc1. The van der Waals surface area contributed by atoms with Gasteiger partial charge in [-0.15, -0.1) is 0 Å². The van der Waals surface area contributed by atoms with Gasteiger partial charge in [-0.3, -0.25) is 9.59 Å². The molecule has 0 radical (unpaired) electrons. The Morgan fingerprint density at radius 1 is 1.17 bits per heavy atom. The molecule has 0 saturated carbocycles. The molecule has 0 aliphatic carbocycles. The van der Waals surface area contributed by atoms with E-state index < -0.39 is 0 Å². The predicted molar refractivity (Wildman–Crippen MR) is 116 cm³/mol. The number of halogens is 1. The van der Waals surface area contributed by atoms with E-state index in [0.717, 1.165) is 15.6 Å². The molecule has 2 N–H and O–H groups in total. The molecular weight excluding hydrogens is 408 g/mol. The summed E-state index contributed by atoms with van der Waals surface area (Å²) in [4.78, 5) is 29.1. The van der Waals surface area contributed by atoms with E-state index in [2.05, 4.69) is 15.6 Å². The summed E-state index contributed by atoms with van der Waals surface area (Å²) >= 11 is 7.54. The van der Waals surface area contributed by atoms with Crippen molar-refractivity contribution in [3.63, 3.8) is 0 Å². The van der Waals surface area contributed by atoms with Crippen molar-refractivity contribution in [3.05, 3.63) is 77.1 Å². The van der Waals surface area contributed by atoms with Gasteiger partial charge in [0, 0.05) is 48.0 Å². The molecule has 0 saturated heterocycles. The number of nitrogens with zero attached hydrogens (tertiary/aromatic N) is 2. The summed E-state index contributed by atoms with van der Waals surface area (Å²) < 4.78 is 1.90. The summed E-state index contributed by atoms with van der Waals surface area (Å²) in [6, 6.07) is 12.3. The maximum Gasteiger partial charge on any atom is 0.251 e. The Balaban J connectivity index is 1.71. The van der Waals surface area contributed by atoms with Crippen LogP contribution in [0.25, 0.3) is 6.08 Å². The molecule has 0 atom stereocenters. The standard InChI is InChI=1S/C21H19ClN4O2S/c1-23-20(28)15-6-3-14(4-7-15)5-10-19(27)25-17-13-16(22)8-9-18(17)29-21-24-11-12-26(21)2/h3-13H,1-2H3,(H,23,28)(H,25,27)/b10-5+. The van der Waals surface area contributed by atoms with Crippen LogP contribution in [0.4, 0.5) is 5.69 Å². The fraction of sp³-hybridized carbons (Fsp3) is 0.0952. The second kappa shape index (κ2) is 9.45. The first kappa shape index (κ1) is 20.7. The topological polar surface area (TPSA) is 76.0 Å². The van der Waals surface area contributed by atoms with Crippen LogP contribution in [0.5, 0.6) is 0 Å². The van der Waals surface area contributed by atoms with Crippen molar-refractivity contribution >= 4 is 46.9 Å². The Kier molecular flexibility index (Phi) is 6.74. The van der Waals surface area contributed by atoms with E-state index >= 15 is 0 Å². The van der Waals surface area contributed by atoms with Gasteiger partial charge in [-0.1, -0.05) is 23.7 Å². The number of imidazole rings is 1. The molecule has 8 heteroatoms. The smallest absolute Gasteiger partial charge is 0.251 e. The largest absolute Gasteiger partial charge is 0.355 e. The first-order chi connectivity index (χ1) is 14.0. The van der Waals surface area contributed by atoms with E-state index in [0.29, 0.717) is 16.3 Å². The highest BCUT2D eigenvalue weighted by atomic mass is 35.5. The van der Waals surface area contributed by atoms with Crippen LogP contribution in [0, 0.1) is 0 Å². The maximum atomic E-state index is 12.4. The second-order valence-corrected chi connectivity index (χ2v) is 7.53. The number of hydrogen-bond donors (Lipinski definition) is 2. The third-order valence-electron chi connectivity index (χ3n) is 4.00. The summed E-state index contributed by atoms with van der Waals surface area (Å²) in [5.41, 5.74) is 1.97. The van der Waals surface area contributed by atoms with Gasteiger partial charge in [0.1, 0.15) is 0 Å². The van der Waals surface area contributed by atoms with Crippen LogP contribution in [-0.2, 0) is 11.8 Å². The monoisotopic (exact) mass is 426 g/mol. The van der Waals surface area contributed by atoms with Crippen molar-refractivity contribution in [2.24, 2.45) is 7.05 Å². The number of aromatic nitrogens is 2. The molecule has 0 spiro atoms. The quantitative estimate of drug-likeness (QED) is 0.578. The molecule has 3 rings (SSSR count). The molecule has 3 aromatic rings. The van der Waals surface area contributed by atoms with Crippen molar-refractivity contribution in [2.45, 2.75) is 10.1 Å². The molecule has 2 aromatic carbocycles. The zero-order valence-electron chi connectivity index (χ0n) is 15.8. The lowest BCUT2D eigenvalue weighted by Crippen LogP contribution is -2.17. The van der Waals surface area contributed by atoms with Gasteiger partial charge in [0.05, 0.1) is 5.69 Å². The van der Waals surface area contributed by atoms with Gasteiger partial charge in [-0.2, -0.15) is 0 Å². The van der Waals surface area contributed by atoms with Gasteiger partial charge < -0.3 is 15.2 Å². The average Bonchev–Trinajstić information content (AvgIpc) is 3.12. The molecule has 1 heterocycles. The Hall–Kier alpha value is -3.03. The average molecular weight is 427 g/mol. The lowest BCUT2D eigenvalue weighted by molar-refractivity contribution is -0.111. The zero-order valence-corrected chi connectivity index (χ0v) is 17.4. The molecule has 0 fully saturated rings. The highest BCUT2D eigenvalue weighted by molar-refractivity contribution is 7.99. The predicted octanol–water partition coefficient (Wildman–Crippen LogP) is 4.24. The van der Waals surface area contributed by atoms with E-state index in [4.69, 9.17) is 11.6 Å². The fourth-order valence-electron chi connectivity index (χ4n) is 2.47. The summed E-state index contributed by atoms with van der Waals surface area (Å²) in [6.45, 7) is 0. The number of carbonyl (C=O) groups is 2. The minimum absolute atomic E-state index is 0.156. The fourth-order valence-corrected chi connectivity index (χ4v) is 3.52. The Morgan fingerprint density at radius 2 is 1.93 bits per heavy atom. The minimum Gasteiger partial charge on any atom is -0.355 e. The van der Waals surface area contributed by atoms with Crippen LogP contribution in [0.1, 0.15) is 15.9 Å². The molecule has 29 heavy (non-hydrogen) atoms. The molecular formula is C21H19ClN4O2S. The lowest BCUT2D eigenvalue weighted by Gasteiger charge is -2.10. The van der Waals surface area contributed by atoms with E-state index in [1.807, 2.05) is 23.9 Å². The number of nitrogens with one attached hydrogen (secondary N) is 2. The Labute approximate surface area is 178 Å². The van der Waals surface area contributed by atoms with Gasteiger partial charge in [0.2, 0.25) is 5.91 Å². The molecule has 148 valence electrons. The molecule has 2 amide bonds. The van der Waals surface area contributed by atoms with Gasteiger partial charge in [0.15, 0.2) is 5.16 Å². The van der Waals surface area contributed by atoms with Gasteiger partial charge in [-0.25, -0.2) is 4.98 Å². The number of aryl methyl sites for hydroxylation is 1. The van der Waals surface area contributed by atoms with Gasteiger partial charge in [-0.05, 0) is 53.7 Å². The third-order valence-corrected chi connectivity index (χ3v) is 5.39. The van der Waals surface area contributed by atoms with Crippen molar-refractivity contribution in [3.8, 4) is 0 Å². The summed E-state index contributed by atoms with van der Waals surface area (Å²) in [6.07, 6.45) is 6.69. The van der Waals surface area contributed by atoms with Crippen LogP contribution in [0.15, 0.2) is 71.0 Å². The van der Waals surface area contributed by atoms with E-state index in [1.54, 1.807) is 55.7 Å². The first-order valence-electron chi connectivity index (χ1n) is 8.72. The number of benzene rings is 2. The van der Waals surface area contributed by atoms with Gasteiger partial charge >= 0.3 is 0 Å². The summed E-state index contributed by atoms with van der Waals surface area (Å²) in [5, 5.41) is 6.75. The number of carbonyl (C=O) groups excluding carboxylic acids is 2. The molecule has 1 aromatic heterocycles. The first-order valence-corrected chi connectivity index (χ1v) is 9.91. The van der Waals surface area contributed by atoms with Crippen LogP contribution in [0.3, 0.4) is 0 Å².